The van der Waals surface area contributed by atoms with Crippen molar-refractivity contribution in [3.8, 4) is 0 Å². The van der Waals surface area contributed by atoms with Crippen LogP contribution in [0.3, 0.4) is 0 Å². The number of rotatable bonds is 5. The van der Waals surface area contributed by atoms with Gasteiger partial charge in [0.25, 0.3) is 0 Å². The summed E-state index contributed by atoms with van der Waals surface area (Å²) in [5.41, 5.74) is 6.70. The van der Waals surface area contributed by atoms with Crippen molar-refractivity contribution in [2.75, 3.05) is 6.54 Å². The molecule has 1 aromatic rings. The molecule has 5 nitrogen and oxygen atoms in total. The van der Waals surface area contributed by atoms with Crippen molar-refractivity contribution in [2.24, 2.45) is 18.7 Å². The Kier molecular flexibility index (Phi) is 3.24. The van der Waals surface area contributed by atoms with E-state index in [1.807, 2.05) is 13.2 Å². The predicted octanol–water partition coefficient (Wildman–Crippen LogP) is -0.184. The van der Waals surface area contributed by atoms with E-state index in [1.165, 1.54) is 0 Å². The van der Waals surface area contributed by atoms with Crippen LogP contribution in [0.25, 0.3) is 0 Å². The van der Waals surface area contributed by atoms with Crippen molar-refractivity contribution in [3.63, 3.8) is 0 Å². The van der Waals surface area contributed by atoms with E-state index in [9.17, 15) is 4.79 Å². The Morgan fingerprint density at radius 2 is 2.50 bits per heavy atom. The summed E-state index contributed by atoms with van der Waals surface area (Å²) in [6, 6.07) is 0.399. The number of nitrogens with zero attached hydrogens (tertiary/aromatic N) is 2. The van der Waals surface area contributed by atoms with Crippen LogP contribution in [0.15, 0.2) is 12.4 Å². The fraction of sp³-hybridized carbons (Fsp3) is 0.636. The summed E-state index contributed by atoms with van der Waals surface area (Å²) < 4.78 is 1.74. The highest BCUT2D eigenvalue weighted by molar-refractivity contribution is 5.79. The smallest absolute Gasteiger partial charge is 0.224 e. The Labute approximate surface area is 95.0 Å². The van der Waals surface area contributed by atoms with E-state index in [0.29, 0.717) is 19.0 Å². The third kappa shape index (κ3) is 2.82. The van der Waals surface area contributed by atoms with E-state index in [0.717, 1.165) is 18.4 Å². The first kappa shape index (κ1) is 11.1. The number of aryl methyl sites for hydroxylation is 1. The zero-order valence-corrected chi connectivity index (χ0v) is 9.52. The zero-order chi connectivity index (χ0) is 11.5. The second kappa shape index (κ2) is 4.65. The molecule has 1 unspecified atom stereocenters. The highest BCUT2D eigenvalue weighted by atomic mass is 16.2. The van der Waals surface area contributed by atoms with Crippen molar-refractivity contribution in [1.82, 2.24) is 15.1 Å². The summed E-state index contributed by atoms with van der Waals surface area (Å²) in [4.78, 5) is 11.8. The normalized spacial score (nSPS) is 17.1. The summed E-state index contributed by atoms with van der Waals surface area (Å²) in [6.07, 6.45) is 6.59. The molecule has 0 radical (unpaired) electrons. The van der Waals surface area contributed by atoms with Gasteiger partial charge in [0.1, 0.15) is 0 Å². The molecule has 1 atom stereocenters. The number of aromatic nitrogens is 2. The minimum absolute atomic E-state index is 0.0776. The molecule has 1 aliphatic carbocycles. The Morgan fingerprint density at radius 1 is 1.75 bits per heavy atom. The Balaban J connectivity index is 1.90. The lowest BCUT2D eigenvalue weighted by Crippen LogP contribution is -2.37. The first-order chi connectivity index (χ1) is 7.69. The molecule has 0 aromatic carbocycles. The Morgan fingerprint density at radius 3 is 3.00 bits per heavy atom. The van der Waals surface area contributed by atoms with Gasteiger partial charge in [0.2, 0.25) is 5.91 Å². The van der Waals surface area contributed by atoms with Crippen LogP contribution in [0.4, 0.5) is 0 Å². The maximum Gasteiger partial charge on any atom is 0.224 e. The summed E-state index contributed by atoms with van der Waals surface area (Å²) in [7, 11) is 1.87. The molecule has 1 aliphatic rings. The van der Waals surface area contributed by atoms with Crippen molar-refractivity contribution < 1.29 is 4.79 Å². The van der Waals surface area contributed by atoms with Gasteiger partial charge in [0.15, 0.2) is 0 Å². The molecule has 1 fully saturated rings. The van der Waals surface area contributed by atoms with Gasteiger partial charge in [0, 0.05) is 25.8 Å². The molecule has 88 valence electrons. The highest BCUT2D eigenvalue weighted by Gasteiger charge is 2.27. The van der Waals surface area contributed by atoms with Crippen LogP contribution < -0.4 is 11.1 Å². The molecular weight excluding hydrogens is 204 g/mol. The topological polar surface area (TPSA) is 72.9 Å². The monoisotopic (exact) mass is 222 g/mol. The van der Waals surface area contributed by atoms with E-state index >= 15 is 0 Å². The number of hydrogen-bond acceptors (Lipinski definition) is 3. The van der Waals surface area contributed by atoms with E-state index in [1.54, 1.807) is 10.9 Å². The molecule has 1 amide bonds. The second-order valence-electron chi connectivity index (χ2n) is 4.44. The largest absolute Gasteiger partial charge is 0.353 e. The number of carbonyl (C=O) groups excluding carboxylic acids is 1. The lowest BCUT2D eigenvalue weighted by molar-refractivity contribution is -0.124. The maximum atomic E-state index is 11.8. The van der Waals surface area contributed by atoms with Gasteiger partial charge in [-0.2, -0.15) is 5.10 Å². The highest BCUT2D eigenvalue weighted by Crippen LogP contribution is 2.19. The van der Waals surface area contributed by atoms with Crippen LogP contribution in [0, 0.1) is 5.92 Å². The molecule has 5 heteroatoms. The van der Waals surface area contributed by atoms with Gasteiger partial charge >= 0.3 is 0 Å². The fourth-order valence-corrected chi connectivity index (χ4v) is 1.69. The van der Waals surface area contributed by atoms with Crippen molar-refractivity contribution in [1.29, 1.82) is 0 Å². The Hall–Kier alpha value is -1.36. The van der Waals surface area contributed by atoms with E-state index < -0.39 is 0 Å². The third-order valence-electron chi connectivity index (χ3n) is 2.82. The van der Waals surface area contributed by atoms with Gasteiger partial charge in [-0.25, -0.2) is 0 Å². The SMILES string of the molecule is Cn1cc(CC(CN)C(=O)NC2CC2)cn1. The minimum Gasteiger partial charge on any atom is -0.353 e. The van der Waals surface area contributed by atoms with Crippen molar-refractivity contribution in [3.05, 3.63) is 18.0 Å². The zero-order valence-electron chi connectivity index (χ0n) is 9.52. The molecule has 1 aromatic heterocycles. The molecule has 1 heterocycles. The molecule has 0 saturated heterocycles. The molecule has 3 N–H and O–H groups in total. The van der Waals surface area contributed by atoms with Crippen LogP contribution in [-0.2, 0) is 18.3 Å². The van der Waals surface area contributed by atoms with Crippen LogP contribution >= 0.6 is 0 Å². The van der Waals surface area contributed by atoms with Crippen LogP contribution in [0.5, 0.6) is 0 Å². The number of nitrogens with two attached hydrogens (primary N) is 1. The average Bonchev–Trinajstić information content (AvgIpc) is 2.97. The van der Waals surface area contributed by atoms with Crippen LogP contribution in [-0.4, -0.2) is 28.3 Å². The van der Waals surface area contributed by atoms with E-state index in [4.69, 9.17) is 5.73 Å². The molecule has 1 saturated carbocycles. The quantitative estimate of drug-likeness (QED) is 0.725. The first-order valence-corrected chi connectivity index (χ1v) is 5.67. The third-order valence-corrected chi connectivity index (χ3v) is 2.82. The molecular formula is C11H18N4O. The molecule has 16 heavy (non-hydrogen) atoms. The lowest BCUT2D eigenvalue weighted by Gasteiger charge is -2.13. The van der Waals surface area contributed by atoms with E-state index in [-0.39, 0.29) is 11.8 Å². The fourth-order valence-electron chi connectivity index (χ4n) is 1.69. The van der Waals surface area contributed by atoms with Crippen molar-refractivity contribution in [2.45, 2.75) is 25.3 Å². The molecule has 0 aliphatic heterocycles. The van der Waals surface area contributed by atoms with Gasteiger partial charge in [-0.1, -0.05) is 0 Å². The summed E-state index contributed by atoms with van der Waals surface area (Å²) in [5, 5.41) is 7.07. The average molecular weight is 222 g/mol. The van der Waals surface area contributed by atoms with Crippen molar-refractivity contribution >= 4 is 5.91 Å². The molecule has 0 spiro atoms. The summed E-state index contributed by atoms with van der Waals surface area (Å²) in [6.45, 7) is 0.382. The molecule has 2 rings (SSSR count). The second-order valence-corrected chi connectivity index (χ2v) is 4.44. The van der Waals surface area contributed by atoms with Gasteiger partial charge in [-0.05, 0) is 24.8 Å². The van der Waals surface area contributed by atoms with E-state index in [2.05, 4.69) is 10.4 Å². The van der Waals surface area contributed by atoms with Crippen LogP contribution in [0.2, 0.25) is 0 Å². The van der Waals surface area contributed by atoms with Gasteiger partial charge in [-0.15, -0.1) is 0 Å². The van der Waals surface area contributed by atoms with Gasteiger partial charge in [-0.3, -0.25) is 9.48 Å². The number of carbonyl (C=O) groups is 1. The van der Waals surface area contributed by atoms with Crippen LogP contribution in [0.1, 0.15) is 18.4 Å². The Bertz CT molecular complexity index is 370. The lowest BCUT2D eigenvalue weighted by atomic mass is 10.0. The maximum absolute atomic E-state index is 11.8. The number of hydrogen-bond donors (Lipinski definition) is 2. The summed E-state index contributed by atoms with van der Waals surface area (Å²) in [5.74, 6) is -0.0568. The standard InChI is InChI=1S/C11H18N4O/c1-15-7-8(6-13-15)4-9(5-12)11(16)14-10-2-3-10/h6-7,9-10H,2-5,12H2,1H3,(H,14,16). The molecule has 0 bridgehead atoms. The first-order valence-electron chi connectivity index (χ1n) is 5.67. The summed E-state index contributed by atoms with van der Waals surface area (Å²) >= 11 is 0. The van der Waals surface area contributed by atoms with Gasteiger partial charge < -0.3 is 11.1 Å². The number of nitrogens with one attached hydrogen (secondary N) is 1. The van der Waals surface area contributed by atoms with Gasteiger partial charge in [0.05, 0.1) is 12.1 Å². The minimum atomic E-state index is -0.134. The number of amides is 1. The predicted molar refractivity (Wildman–Crippen MR) is 60.6 cm³/mol.